The Morgan fingerprint density at radius 3 is 2.52 bits per heavy atom. The van der Waals surface area contributed by atoms with Crippen molar-refractivity contribution in [1.82, 2.24) is 9.55 Å². The van der Waals surface area contributed by atoms with Crippen molar-refractivity contribution in [2.24, 2.45) is 0 Å². The summed E-state index contributed by atoms with van der Waals surface area (Å²) < 4.78 is 19.8. The first-order valence-electron chi connectivity index (χ1n) is 13.0. The minimum atomic E-state index is -0.689. The van der Waals surface area contributed by atoms with Crippen LogP contribution in [0, 0.1) is 13.8 Å². The summed E-state index contributed by atoms with van der Waals surface area (Å²) in [5.41, 5.74) is 6.30. The van der Waals surface area contributed by atoms with E-state index in [1.807, 2.05) is 66.3 Å². The topological polar surface area (TPSA) is 79.7 Å². The van der Waals surface area contributed by atoms with Crippen molar-refractivity contribution in [3.63, 3.8) is 0 Å². The van der Waals surface area contributed by atoms with Gasteiger partial charge in [0.1, 0.15) is 18.4 Å². The molecule has 3 atom stereocenters. The summed E-state index contributed by atoms with van der Waals surface area (Å²) in [5, 5.41) is 2.05. The maximum absolute atomic E-state index is 13.2. The Morgan fingerprint density at radius 2 is 1.77 bits per heavy atom. The molecular formula is C32H28N2O5S. The van der Waals surface area contributed by atoms with Crippen molar-refractivity contribution in [1.29, 1.82) is 0 Å². The van der Waals surface area contributed by atoms with E-state index in [2.05, 4.69) is 12.1 Å². The predicted molar refractivity (Wildman–Crippen MR) is 153 cm³/mol. The van der Waals surface area contributed by atoms with Crippen molar-refractivity contribution >= 4 is 34.3 Å². The van der Waals surface area contributed by atoms with Crippen molar-refractivity contribution in [2.75, 3.05) is 7.11 Å². The van der Waals surface area contributed by atoms with Gasteiger partial charge in [0.25, 0.3) is 0 Å². The second-order valence-electron chi connectivity index (χ2n) is 9.94. The molecule has 8 heteroatoms. The molecule has 0 aliphatic carbocycles. The van der Waals surface area contributed by atoms with Crippen LogP contribution in [-0.4, -0.2) is 34.7 Å². The zero-order chi connectivity index (χ0) is 27.8. The third-order valence-corrected chi connectivity index (χ3v) is 8.14. The van der Waals surface area contributed by atoms with E-state index in [1.165, 1.54) is 7.11 Å². The van der Waals surface area contributed by atoms with E-state index in [0.29, 0.717) is 23.1 Å². The maximum atomic E-state index is 13.2. The first-order chi connectivity index (χ1) is 19.4. The summed E-state index contributed by atoms with van der Waals surface area (Å²) in [4.78, 5) is 31.8. The number of esters is 2. The minimum Gasteiger partial charge on any atom is -0.465 e. The average Bonchev–Trinajstić information content (AvgIpc) is 3.73. The summed E-state index contributed by atoms with van der Waals surface area (Å²) in [7, 11) is 1.35. The van der Waals surface area contributed by atoms with Crippen LogP contribution in [0.15, 0.2) is 84.5 Å². The minimum absolute atomic E-state index is 0.380. The van der Waals surface area contributed by atoms with E-state index in [1.54, 1.807) is 35.9 Å². The Bertz CT molecular complexity index is 1690. The molecule has 0 radical (unpaired) electrons. The number of imidazole rings is 1. The molecule has 3 heterocycles. The number of hydrogen-bond acceptors (Lipinski definition) is 7. The Labute approximate surface area is 236 Å². The van der Waals surface area contributed by atoms with Crippen molar-refractivity contribution in [2.45, 2.75) is 38.7 Å². The number of rotatable bonds is 6. The van der Waals surface area contributed by atoms with Gasteiger partial charge in [-0.1, -0.05) is 53.6 Å². The number of methoxy groups -OCH3 is 1. The Balaban J connectivity index is 1.39. The molecule has 0 N–H and O–H groups in total. The van der Waals surface area contributed by atoms with Gasteiger partial charge in [0.05, 0.1) is 35.6 Å². The molecule has 1 fully saturated rings. The standard InChI is InChI=1S/C32H28N2O5S/c1-19-9-12-21(13-10-19)31(35)38-26-17-28(39-30(26)24-16-20(2)11-14-22(24)32(36)37-3)34-18-33-29-23(6-4-7-25(29)34)27-8-5-15-40-27/h4-16,18,26,28,30H,17H2,1-3H3/t26-,28+,30+/m0/s1. The summed E-state index contributed by atoms with van der Waals surface area (Å²) in [5.74, 6) is -0.915. The van der Waals surface area contributed by atoms with Crippen LogP contribution in [0.25, 0.3) is 21.5 Å². The molecular weight excluding hydrogens is 524 g/mol. The molecule has 2 aromatic heterocycles. The van der Waals surface area contributed by atoms with E-state index >= 15 is 0 Å². The number of benzene rings is 3. The van der Waals surface area contributed by atoms with Crippen LogP contribution in [0.4, 0.5) is 0 Å². The van der Waals surface area contributed by atoms with Crippen LogP contribution in [-0.2, 0) is 14.2 Å². The molecule has 40 heavy (non-hydrogen) atoms. The van der Waals surface area contributed by atoms with Gasteiger partial charge in [-0.15, -0.1) is 11.3 Å². The van der Waals surface area contributed by atoms with E-state index in [9.17, 15) is 9.59 Å². The molecule has 0 spiro atoms. The number of thiophene rings is 1. The second-order valence-corrected chi connectivity index (χ2v) is 10.9. The number of nitrogens with zero attached hydrogens (tertiary/aromatic N) is 2. The molecule has 0 unspecified atom stereocenters. The number of aromatic nitrogens is 2. The van der Waals surface area contributed by atoms with Gasteiger partial charge in [0.15, 0.2) is 0 Å². The number of aryl methyl sites for hydroxylation is 2. The van der Waals surface area contributed by atoms with Crippen LogP contribution in [0.5, 0.6) is 0 Å². The second kappa shape index (κ2) is 10.7. The highest BCUT2D eigenvalue weighted by molar-refractivity contribution is 7.13. The lowest BCUT2D eigenvalue weighted by Crippen LogP contribution is -2.23. The van der Waals surface area contributed by atoms with Gasteiger partial charge in [0, 0.05) is 16.9 Å². The van der Waals surface area contributed by atoms with Gasteiger partial charge in [-0.3, -0.25) is 0 Å². The molecule has 202 valence electrons. The number of fused-ring (bicyclic) bond motifs is 1. The fraction of sp³-hybridized carbons (Fsp3) is 0.219. The SMILES string of the molecule is COC(=O)c1ccc(C)cc1[C@H]1O[C@@H](n2cnc3c(-c4cccs4)cccc32)C[C@@H]1OC(=O)c1ccc(C)cc1. The third kappa shape index (κ3) is 4.80. The van der Waals surface area contributed by atoms with Gasteiger partial charge in [-0.05, 0) is 55.1 Å². The summed E-state index contributed by atoms with van der Waals surface area (Å²) >= 11 is 1.66. The fourth-order valence-electron chi connectivity index (χ4n) is 5.22. The molecule has 0 saturated carbocycles. The summed E-state index contributed by atoms with van der Waals surface area (Å²) in [6, 6.07) is 22.9. The third-order valence-electron chi connectivity index (χ3n) is 7.24. The molecule has 3 aromatic carbocycles. The summed E-state index contributed by atoms with van der Waals surface area (Å²) in [6.45, 7) is 3.91. The zero-order valence-electron chi connectivity index (χ0n) is 22.4. The van der Waals surface area contributed by atoms with E-state index < -0.39 is 30.4 Å². The first-order valence-corrected chi connectivity index (χ1v) is 13.9. The van der Waals surface area contributed by atoms with Crippen LogP contribution in [0.2, 0.25) is 0 Å². The van der Waals surface area contributed by atoms with Gasteiger partial charge < -0.3 is 18.8 Å². The molecule has 5 aromatic rings. The van der Waals surface area contributed by atoms with Gasteiger partial charge in [-0.25, -0.2) is 14.6 Å². The highest BCUT2D eigenvalue weighted by atomic mass is 32.1. The van der Waals surface area contributed by atoms with Gasteiger partial charge in [0.2, 0.25) is 0 Å². The first kappa shape index (κ1) is 26.0. The lowest BCUT2D eigenvalue weighted by atomic mass is 9.96. The zero-order valence-corrected chi connectivity index (χ0v) is 23.2. The van der Waals surface area contributed by atoms with Crippen LogP contribution in [0.3, 0.4) is 0 Å². The number of ether oxygens (including phenoxy) is 3. The van der Waals surface area contributed by atoms with Crippen LogP contribution >= 0.6 is 11.3 Å². The van der Waals surface area contributed by atoms with Crippen molar-refractivity contribution in [3.8, 4) is 10.4 Å². The molecule has 0 amide bonds. The van der Waals surface area contributed by atoms with Gasteiger partial charge >= 0.3 is 11.9 Å². The lowest BCUT2D eigenvalue weighted by Gasteiger charge is -2.22. The highest BCUT2D eigenvalue weighted by Gasteiger charge is 2.42. The van der Waals surface area contributed by atoms with E-state index in [-0.39, 0.29) is 0 Å². The Morgan fingerprint density at radius 1 is 0.975 bits per heavy atom. The number of para-hydroxylation sites is 1. The number of carbonyl (C=O) groups is 2. The number of hydrogen-bond donors (Lipinski definition) is 0. The number of carbonyl (C=O) groups excluding carboxylic acids is 2. The highest BCUT2D eigenvalue weighted by Crippen LogP contribution is 2.43. The maximum Gasteiger partial charge on any atom is 0.338 e. The predicted octanol–water partition coefficient (Wildman–Crippen LogP) is 7.05. The molecule has 7 nitrogen and oxygen atoms in total. The monoisotopic (exact) mass is 552 g/mol. The molecule has 1 saturated heterocycles. The van der Waals surface area contributed by atoms with E-state index in [0.717, 1.165) is 32.6 Å². The summed E-state index contributed by atoms with van der Waals surface area (Å²) in [6.07, 6.45) is 0.333. The fourth-order valence-corrected chi connectivity index (χ4v) is 5.98. The van der Waals surface area contributed by atoms with Crippen molar-refractivity contribution < 1.29 is 23.8 Å². The molecule has 6 rings (SSSR count). The Kier molecular flexibility index (Phi) is 6.96. The molecule has 1 aliphatic rings. The lowest BCUT2D eigenvalue weighted by molar-refractivity contribution is -0.0291. The largest absolute Gasteiger partial charge is 0.465 e. The van der Waals surface area contributed by atoms with Crippen LogP contribution in [0.1, 0.15) is 56.2 Å². The quantitative estimate of drug-likeness (QED) is 0.210. The van der Waals surface area contributed by atoms with Gasteiger partial charge in [-0.2, -0.15) is 0 Å². The van der Waals surface area contributed by atoms with E-state index in [4.69, 9.17) is 19.2 Å². The molecule has 0 bridgehead atoms. The molecule has 1 aliphatic heterocycles. The smallest absolute Gasteiger partial charge is 0.338 e. The normalized spacial score (nSPS) is 18.6. The average molecular weight is 553 g/mol. The van der Waals surface area contributed by atoms with Crippen LogP contribution < -0.4 is 0 Å². The van der Waals surface area contributed by atoms with Crippen molar-refractivity contribution in [3.05, 3.63) is 112 Å². The Hall–Kier alpha value is -4.27.